The van der Waals surface area contributed by atoms with E-state index in [1.54, 1.807) is 0 Å². The number of sulfonamides is 1. The van der Waals surface area contributed by atoms with Gasteiger partial charge in [0.2, 0.25) is 27.7 Å². The minimum Gasteiger partial charge on any atom is -0.479 e. The third-order valence-corrected chi connectivity index (χ3v) is 7.78. The van der Waals surface area contributed by atoms with Gasteiger partial charge in [0.1, 0.15) is 23.5 Å². The van der Waals surface area contributed by atoms with E-state index < -0.39 is 45.3 Å². The quantitative estimate of drug-likeness (QED) is 0.377. The Kier molecular flexibility index (Phi) is 7.62. The molecular weight excluding hydrogens is 557 g/mol. The third kappa shape index (κ3) is 5.30. The molecule has 0 bridgehead atoms. The zero-order chi connectivity index (χ0) is 27.8. The fourth-order valence-electron chi connectivity index (χ4n) is 3.86. The van der Waals surface area contributed by atoms with Crippen LogP contribution in [-0.2, 0) is 14.8 Å². The second kappa shape index (κ2) is 10.5. The van der Waals surface area contributed by atoms with E-state index in [-0.39, 0.29) is 40.5 Å². The van der Waals surface area contributed by atoms with E-state index in [2.05, 4.69) is 34.9 Å². The highest BCUT2D eigenvalue weighted by Crippen LogP contribution is 2.56. The third-order valence-electron chi connectivity index (χ3n) is 5.89. The van der Waals surface area contributed by atoms with Gasteiger partial charge in [0, 0.05) is 25.4 Å². The molecule has 3 aromatic heterocycles. The fraction of sp³-hybridized carbons (Fsp3) is 0.500. The summed E-state index contributed by atoms with van der Waals surface area (Å²) in [6.45, 7) is 1.34. The Labute approximate surface area is 219 Å². The van der Waals surface area contributed by atoms with Crippen molar-refractivity contribution in [1.82, 2.24) is 34.7 Å². The van der Waals surface area contributed by atoms with Crippen molar-refractivity contribution in [3.63, 3.8) is 0 Å². The van der Waals surface area contributed by atoms with Crippen LogP contribution in [0.15, 0.2) is 18.7 Å². The molecule has 0 aliphatic heterocycles. The summed E-state index contributed by atoms with van der Waals surface area (Å²) in [5.41, 5.74) is -0.0833. The number of halogens is 4. The average molecular weight is 579 g/mol. The van der Waals surface area contributed by atoms with Crippen LogP contribution in [0.5, 0.6) is 11.8 Å². The molecule has 3 aromatic rings. The minimum absolute atomic E-state index is 0.0442. The molecule has 0 amide bonds. The summed E-state index contributed by atoms with van der Waals surface area (Å²) in [5.74, 6) is -3.56. The minimum atomic E-state index is -4.48. The standard InChI is InChI=1S/C20H22ClF3N8O5S/c1-9(14(35-2)15-25-6-10(21)7-26-15)38(33,34)31-19-30-29-16(11-5-12(11)20(22,23)24)32(19)13-17(36-3)27-8-28-18(13)37-4/h6-9,11-12,14H,5H2,1-4H3,(H,30,31)/t9?,11-,12-,14?/m0/s1. The lowest BCUT2D eigenvalue weighted by molar-refractivity contribution is -0.148. The molecule has 206 valence electrons. The van der Waals surface area contributed by atoms with Crippen LogP contribution in [-0.4, -0.2) is 75.9 Å². The number of rotatable bonds is 10. The number of methoxy groups -OCH3 is 3. The molecule has 4 rings (SSSR count). The maximum Gasteiger partial charge on any atom is 0.392 e. The molecule has 3 heterocycles. The zero-order valence-corrected chi connectivity index (χ0v) is 21.9. The van der Waals surface area contributed by atoms with Gasteiger partial charge in [-0.15, -0.1) is 10.2 Å². The second-order valence-corrected chi connectivity index (χ2v) is 10.7. The molecule has 1 aliphatic carbocycles. The van der Waals surface area contributed by atoms with Crippen molar-refractivity contribution in [2.24, 2.45) is 5.92 Å². The van der Waals surface area contributed by atoms with Crippen molar-refractivity contribution < 1.29 is 35.8 Å². The van der Waals surface area contributed by atoms with Crippen LogP contribution in [0.25, 0.3) is 5.69 Å². The molecule has 0 spiro atoms. The molecule has 1 saturated carbocycles. The lowest BCUT2D eigenvalue weighted by Gasteiger charge is -2.22. The predicted molar refractivity (Wildman–Crippen MR) is 126 cm³/mol. The predicted octanol–water partition coefficient (Wildman–Crippen LogP) is 2.70. The maximum atomic E-state index is 13.4. The van der Waals surface area contributed by atoms with Gasteiger partial charge in [-0.25, -0.2) is 18.4 Å². The molecule has 4 atom stereocenters. The Hall–Kier alpha value is -3.31. The summed E-state index contributed by atoms with van der Waals surface area (Å²) < 4.78 is 86.3. The van der Waals surface area contributed by atoms with Gasteiger partial charge >= 0.3 is 6.18 Å². The molecule has 2 unspecified atom stereocenters. The molecule has 1 aliphatic rings. The van der Waals surface area contributed by atoms with Gasteiger partial charge in [0.25, 0.3) is 0 Å². The van der Waals surface area contributed by atoms with Crippen LogP contribution in [0.3, 0.4) is 0 Å². The van der Waals surface area contributed by atoms with Crippen LogP contribution in [0.4, 0.5) is 19.1 Å². The van der Waals surface area contributed by atoms with Crippen molar-refractivity contribution in [2.45, 2.75) is 36.8 Å². The van der Waals surface area contributed by atoms with Crippen LogP contribution < -0.4 is 14.2 Å². The highest BCUT2D eigenvalue weighted by atomic mass is 35.5. The van der Waals surface area contributed by atoms with E-state index >= 15 is 0 Å². The number of hydrogen-bond acceptors (Lipinski definition) is 11. The monoisotopic (exact) mass is 578 g/mol. The van der Waals surface area contributed by atoms with Gasteiger partial charge < -0.3 is 14.2 Å². The summed E-state index contributed by atoms with van der Waals surface area (Å²) in [6.07, 6.45) is -2.20. The van der Waals surface area contributed by atoms with Gasteiger partial charge in [-0.05, 0) is 13.3 Å². The first kappa shape index (κ1) is 27.7. The topological polar surface area (TPSA) is 156 Å². The number of aromatic nitrogens is 7. The second-order valence-electron chi connectivity index (χ2n) is 8.22. The fourth-order valence-corrected chi connectivity index (χ4v) is 5.09. The number of nitrogens with zero attached hydrogens (tertiary/aromatic N) is 7. The highest BCUT2D eigenvalue weighted by Gasteiger charge is 2.58. The molecule has 1 fully saturated rings. The Balaban J connectivity index is 1.78. The van der Waals surface area contributed by atoms with Crippen LogP contribution >= 0.6 is 11.6 Å². The SMILES string of the molecule is COc1ncnc(OC)c1-n1c(NS(=O)(=O)C(C)C(OC)c2ncc(Cl)cn2)nnc1[C@H]1C[C@@H]1C(F)(F)F. The van der Waals surface area contributed by atoms with Crippen LogP contribution in [0, 0.1) is 5.92 Å². The molecular formula is C20H22ClF3N8O5S. The lowest BCUT2D eigenvalue weighted by atomic mass is 10.2. The van der Waals surface area contributed by atoms with E-state index in [0.29, 0.717) is 0 Å². The first-order chi connectivity index (χ1) is 17.9. The summed E-state index contributed by atoms with van der Waals surface area (Å²) >= 11 is 5.82. The van der Waals surface area contributed by atoms with E-state index in [1.165, 1.54) is 40.6 Å². The van der Waals surface area contributed by atoms with Gasteiger partial charge in [-0.1, -0.05) is 11.6 Å². The largest absolute Gasteiger partial charge is 0.479 e. The maximum absolute atomic E-state index is 13.4. The number of anilines is 1. The zero-order valence-electron chi connectivity index (χ0n) is 20.3. The van der Waals surface area contributed by atoms with Crippen LogP contribution in [0.1, 0.15) is 37.0 Å². The number of nitrogens with one attached hydrogen (secondary N) is 1. The summed E-state index contributed by atoms with van der Waals surface area (Å²) in [7, 11) is -0.528. The Morgan fingerprint density at radius 2 is 1.68 bits per heavy atom. The smallest absolute Gasteiger partial charge is 0.392 e. The van der Waals surface area contributed by atoms with Gasteiger partial charge in [0.15, 0.2) is 11.5 Å². The van der Waals surface area contributed by atoms with Crippen molar-refractivity contribution in [2.75, 3.05) is 26.1 Å². The van der Waals surface area contributed by atoms with Crippen molar-refractivity contribution in [1.29, 1.82) is 0 Å². The van der Waals surface area contributed by atoms with Gasteiger partial charge in [-0.3, -0.25) is 9.29 Å². The number of alkyl halides is 3. The van der Waals surface area contributed by atoms with Crippen molar-refractivity contribution in [3.05, 3.63) is 35.4 Å². The van der Waals surface area contributed by atoms with Gasteiger partial charge in [0.05, 0.1) is 25.2 Å². The molecule has 1 N–H and O–H groups in total. The molecule has 0 radical (unpaired) electrons. The van der Waals surface area contributed by atoms with Gasteiger partial charge in [-0.2, -0.15) is 23.1 Å². The van der Waals surface area contributed by atoms with E-state index in [1.807, 2.05) is 0 Å². The van der Waals surface area contributed by atoms with E-state index in [9.17, 15) is 21.6 Å². The number of hydrogen-bond donors (Lipinski definition) is 1. The summed E-state index contributed by atoms with van der Waals surface area (Å²) in [5, 5.41) is 6.69. The molecule has 18 heteroatoms. The Morgan fingerprint density at radius 1 is 1.08 bits per heavy atom. The van der Waals surface area contributed by atoms with E-state index in [0.717, 1.165) is 10.9 Å². The Morgan fingerprint density at radius 3 is 2.18 bits per heavy atom. The van der Waals surface area contributed by atoms with Crippen molar-refractivity contribution in [3.8, 4) is 17.4 Å². The summed E-state index contributed by atoms with van der Waals surface area (Å²) in [6, 6.07) is 0. The highest BCUT2D eigenvalue weighted by molar-refractivity contribution is 7.93. The molecule has 0 aromatic carbocycles. The molecule has 0 saturated heterocycles. The average Bonchev–Trinajstić information content (AvgIpc) is 3.60. The first-order valence-electron chi connectivity index (χ1n) is 10.9. The Bertz CT molecular complexity index is 1380. The molecule has 38 heavy (non-hydrogen) atoms. The van der Waals surface area contributed by atoms with Crippen molar-refractivity contribution >= 4 is 27.6 Å². The molecule has 13 nitrogen and oxygen atoms in total. The number of ether oxygens (including phenoxy) is 3. The van der Waals surface area contributed by atoms with E-state index in [4.69, 9.17) is 25.8 Å². The first-order valence-corrected chi connectivity index (χ1v) is 12.8. The summed E-state index contributed by atoms with van der Waals surface area (Å²) in [4.78, 5) is 16.0. The normalized spacial score (nSPS) is 19.1. The lowest BCUT2D eigenvalue weighted by Crippen LogP contribution is -2.33. The van der Waals surface area contributed by atoms with Crippen LogP contribution in [0.2, 0.25) is 5.02 Å².